The van der Waals surface area contributed by atoms with Crippen molar-refractivity contribution >= 4 is 17.1 Å². The first-order valence-electron chi connectivity index (χ1n) is 10.1. The quantitative estimate of drug-likeness (QED) is 0.480. The van der Waals surface area contributed by atoms with Gasteiger partial charge in [-0.3, -0.25) is 4.79 Å². The first-order chi connectivity index (χ1) is 14.4. The number of aliphatic hydroxyl groups excluding tert-OH is 2. The standard InChI is InChI=1S/C25H28O4S/c1-16-11-19(12-17(2)25(16)29-15-21(27)14-26)9-10-23(28)24-13-22(18(3)30-24)20-7-5-4-6-8-20/h4-8,11-13,21,26-27H,9-10,14-15H2,1-3H3. The number of benzene rings is 2. The second-order valence-corrected chi connectivity index (χ2v) is 8.83. The van der Waals surface area contributed by atoms with Crippen molar-refractivity contribution in [1.29, 1.82) is 0 Å². The Bertz CT molecular complexity index is 984. The molecule has 0 aliphatic carbocycles. The predicted octanol–water partition coefficient (Wildman–Crippen LogP) is 4.89. The van der Waals surface area contributed by atoms with Gasteiger partial charge in [-0.05, 0) is 61.1 Å². The van der Waals surface area contributed by atoms with E-state index in [4.69, 9.17) is 9.84 Å². The van der Waals surface area contributed by atoms with Gasteiger partial charge >= 0.3 is 0 Å². The van der Waals surface area contributed by atoms with Gasteiger partial charge in [0.1, 0.15) is 18.5 Å². The zero-order chi connectivity index (χ0) is 21.7. The van der Waals surface area contributed by atoms with E-state index in [0.717, 1.165) is 43.3 Å². The molecule has 5 heteroatoms. The van der Waals surface area contributed by atoms with Crippen LogP contribution in [0.4, 0.5) is 0 Å². The minimum Gasteiger partial charge on any atom is -0.490 e. The molecular formula is C25H28O4S. The fraction of sp³-hybridized carbons (Fsp3) is 0.320. The van der Waals surface area contributed by atoms with Crippen molar-refractivity contribution in [2.24, 2.45) is 0 Å². The Morgan fingerprint density at radius 3 is 2.37 bits per heavy atom. The third kappa shape index (κ3) is 5.36. The van der Waals surface area contributed by atoms with Crippen LogP contribution in [0.3, 0.4) is 0 Å². The number of aliphatic hydroxyl groups is 2. The third-order valence-electron chi connectivity index (χ3n) is 5.07. The van der Waals surface area contributed by atoms with E-state index in [2.05, 4.69) is 19.1 Å². The average molecular weight is 425 g/mol. The molecular weight excluding hydrogens is 396 g/mol. The van der Waals surface area contributed by atoms with Gasteiger partial charge in [-0.25, -0.2) is 0 Å². The maximum atomic E-state index is 12.8. The second kappa shape index (κ2) is 10.0. The molecule has 1 heterocycles. The molecule has 0 aliphatic heterocycles. The molecule has 4 nitrogen and oxygen atoms in total. The molecule has 0 spiro atoms. The van der Waals surface area contributed by atoms with Crippen LogP contribution in [0.25, 0.3) is 11.1 Å². The summed E-state index contributed by atoms with van der Waals surface area (Å²) in [6.45, 7) is 5.69. The highest BCUT2D eigenvalue weighted by Crippen LogP contribution is 2.32. The maximum absolute atomic E-state index is 12.8. The van der Waals surface area contributed by atoms with Gasteiger partial charge in [-0.1, -0.05) is 42.5 Å². The van der Waals surface area contributed by atoms with E-state index < -0.39 is 6.10 Å². The van der Waals surface area contributed by atoms with E-state index in [1.165, 1.54) is 0 Å². The number of carbonyl (C=O) groups is 1. The predicted molar refractivity (Wildman–Crippen MR) is 122 cm³/mol. The largest absolute Gasteiger partial charge is 0.490 e. The Hall–Kier alpha value is -2.47. The molecule has 2 aromatic carbocycles. The van der Waals surface area contributed by atoms with E-state index in [0.29, 0.717) is 12.8 Å². The summed E-state index contributed by atoms with van der Waals surface area (Å²) in [6, 6.07) is 16.2. The third-order valence-corrected chi connectivity index (χ3v) is 6.16. The molecule has 0 fully saturated rings. The molecule has 2 N–H and O–H groups in total. The molecule has 3 aromatic rings. The van der Waals surface area contributed by atoms with E-state index >= 15 is 0 Å². The maximum Gasteiger partial charge on any atom is 0.173 e. The number of carbonyl (C=O) groups excluding carboxylic acids is 1. The lowest BCUT2D eigenvalue weighted by molar-refractivity contribution is 0.0531. The molecule has 158 valence electrons. The summed E-state index contributed by atoms with van der Waals surface area (Å²) in [6.07, 6.45) is 0.227. The SMILES string of the molecule is Cc1cc(CCC(=O)c2cc(-c3ccccc3)c(C)s2)cc(C)c1OCC(O)CO. The van der Waals surface area contributed by atoms with Crippen LogP contribution in [0.1, 0.15) is 37.7 Å². The van der Waals surface area contributed by atoms with Crippen LogP contribution in [-0.2, 0) is 6.42 Å². The lowest BCUT2D eigenvalue weighted by atomic mass is 10.0. The number of ether oxygens (including phenoxy) is 1. The minimum atomic E-state index is -0.892. The smallest absolute Gasteiger partial charge is 0.173 e. The molecule has 0 radical (unpaired) electrons. The first-order valence-corrected chi connectivity index (χ1v) is 10.9. The van der Waals surface area contributed by atoms with Crippen LogP contribution in [0.2, 0.25) is 0 Å². The molecule has 0 amide bonds. The summed E-state index contributed by atoms with van der Waals surface area (Å²) in [5.41, 5.74) is 5.27. The van der Waals surface area contributed by atoms with Gasteiger partial charge in [0.2, 0.25) is 0 Å². The monoisotopic (exact) mass is 424 g/mol. The zero-order valence-corrected chi connectivity index (χ0v) is 18.5. The Morgan fingerprint density at radius 1 is 1.07 bits per heavy atom. The van der Waals surface area contributed by atoms with Gasteiger partial charge in [0.05, 0.1) is 11.5 Å². The fourth-order valence-electron chi connectivity index (χ4n) is 3.55. The molecule has 0 aliphatic rings. The Kier molecular flexibility index (Phi) is 7.43. The van der Waals surface area contributed by atoms with Crippen LogP contribution in [0.5, 0.6) is 5.75 Å². The van der Waals surface area contributed by atoms with Crippen molar-refractivity contribution < 1.29 is 19.7 Å². The zero-order valence-electron chi connectivity index (χ0n) is 17.6. The number of aryl methyl sites for hydroxylation is 4. The number of ketones is 1. The summed E-state index contributed by atoms with van der Waals surface area (Å²) in [4.78, 5) is 14.8. The molecule has 1 atom stereocenters. The van der Waals surface area contributed by atoms with E-state index in [1.54, 1.807) is 11.3 Å². The molecule has 0 saturated carbocycles. The lowest BCUT2D eigenvalue weighted by Crippen LogP contribution is -2.21. The van der Waals surface area contributed by atoms with Crippen molar-refractivity contribution in [1.82, 2.24) is 0 Å². The highest BCUT2D eigenvalue weighted by Gasteiger charge is 2.15. The average Bonchev–Trinajstić information content (AvgIpc) is 3.13. The number of hydrogen-bond acceptors (Lipinski definition) is 5. The van der Waals surface area contributed by atoms with Gasteiger partial charge in [-0.2, -0.15) is 0 Å². The molecule has 0 bridgehead atoms. The number of thiophene rings is 1. The summed E-state index contributed by atoms with van der Waals surface area (Å²) in [7, 11) is 0. The molecule has 1 aromatic heterocycles. The summed E-state index contributed by atoms with van der Waals surface area (Å²) in [5, 5.41) is 18.4. The highest BCUT2D eigenvalue weighted by molar-refractivity contribution is 7.14. The van der Waals surface area contributed by atoms with Crippen LogP contribution in [0.15, 0.2) is 48.5 Å². The second-order valence-electron chi connectivity index (χ2n) is 7.58. The highest BCUT2D eigenvalue weighted by atomic mass is 32.1. The topological polar surface area (TPSA) is 66.8 Å². The van der Waals surface area contributed by atoms with E-state index in [9.17, 15) is 9.90 Å². The Morgan fingerprint density at radius 2 is 1.73 bits per heavy atom. The van der Waals surface area contributed by atoms with Crippen LogP contribution in [0, 0.1) is 20.8 Å². The summed E-state index contributed by atoms with van der Waals surface area (Å²) >= 11 is 1.56. The van der Waals surface area contributed by atoms with Crippen LogP contribution in [-0.4, -0.2) is 35.3 Å². The molecule has 1 unspecified atom stereocenters. The van der Waals surface area contributed by atoms with E-state index in [1.807, 2.05) is 50.2 Å². The Labute approximate surface area is 181 Å². The van der Waals surface area contributed by atoms with E-state index in [-0.39, 0.29) is 19.0 Å². The first kappa shape index (κ1) is 22.2. The lowest BCUT2D eigenvalue weighted by Gasteiger charge is -2.15. The molecule has 0 saturated heterocycles. The van der Waals surface area contributed by atoms with Gasteiger partial charge < -0.3 is 14.9 Å². The number of rotatable bonds is 9. The van der Waals surface area contributed by atoms with Crippen molar-refractivity contribution in [3.8, 4) is 16.9 Å². The fourth-order valence-corrected chi connectivity index (χ4v) is 4.56. The van der Waals surface area contributed by atoms with Crippen molar-refractivity contribution in [3.63, 3.8) is 0 Å². The summed E-state index contributed by atoms with van der Waals surface area (Å²) in [5.74, 6) is 0.881. The number of hydrogen-bond donors (Lipinski definition) is 2. The van der Waals surface area contributed by atoms with Gasteiger partial charge in [-0.15, -0.1) is 11.3 Å². The van der Waals surface area contributed by atoms with Gasteiger partial charge in [0.25, 0.3) is 0 Å². The minimum absolute atomic E-state index is 0.0531. The molecule has 30 heavy (non-hydrogen) atoms. The van der Waals surface area contributed by atoms with Gasteiger partial charge in [0, 0.05) is 11.3 Å². The van der Waals surface area contributed by atoms with Crippen molar-refractivity contribution in [2.45, 2.75) is 39.7 Å². The van der Waals surface area contributed by atoms with Crippen molar-refractivity contribution in [3.05, 3.63) is 75.0 Å². The van der Waals surface area contributed by atoms with Gasteiger partial charge in [0.15, 0.2) is 5.78 Å². The molecule has 3 rings (SSSR count). The summed E-state index contributed by atoms with van der Waals surface area (Å²) < 4.78 is 5.65. The Balaban J connectivity index is 1.66. The number of Topliss-reactive ketones (excluding diaryl/α,β-unsaturated/α-hetero) is 1. The normalized spacial score (nSPS) is 12.0. The van der Waals surface area contributed by atoms with Crippen LogP contribution >= 0.6 is 11.3 Å². The van der Waals surface area contributed by atoms with Crippen LogP contribution < -0.4 is 4.74 Å². The van der Waals surface area contributed by atoms with Crippen molar-refractivity contribution in [2.75, 3.05) is 13.2 Å².